The van der Waals surface area contributed by atoms with Crippen LogP contribution in [-0.4, -0.2) is 32.4 Å². The van der Waals surface area contributed by atoms with Crippen LogP contribution in [0.5, 0.6) is 5.75 Å². The highest BCUT2D eigenvalue weighted by Gasteiger charge is 2.36. The molecular weight excluding hydrogens is 510 g/mol. The molecule has 5 aromatic rings. The van der Waals surface area contributed by atoms with Crippen LogP contribution in [0.15, 0.2) is 91.1 Å². The second-order valence-corrected chi connectivity index (χ2v) is 10.1. The lowest BCUT2D eigenvalue weighted by atomic mass is 10.0. The predicted octanol–water partition coefficient (Wildman–Crippen LogP) is 7.08. The first kappa shape index (κ1) is 24.8. The zero-order valence-electron chi connectivity index (χ0n) is 21.9. The van der Waals surface area contributed by atoms with Crippen molar-refractivity contribution in [2.24, 2.45) is 0 Å². The van der Waals surface area contributed by atoms with Gasteiger partial charge in [-0.25, -0.2) is 9.48 Å². The lowest BCUT2D eigenvalue weighted by Gasteiger charge is -2.31. The molecule has 0 saturated heterocycles. The molecule has 1 aliphatic heterocycles. The molecule has 0 saturated carbocycles. The summed E-state index contributed by atoms with van der Waals surface area (Å²) in [5, 5.41) is 8.48. The number of rotatable bonds is 4. The van der Waals surface area contributed by atoms with E-state index in [1.165, 1.54) is 0 Å². The number of nitrogens with zero attached hydrogens (tertiary/aromatic N) is 4. The van der Waals surface area contributed by atoms with Gasteiger partial charge in [0, 0.05) is 16.8 Å². The van der Waals surface area contributed by atoms with E-state index in [0.717, 1.165) is 39.6 Å². The van der Waals surface area contributed by atoms with Gasteiger partial charge < -0.3 is 19.5 Å². The van der Waals surface area contributed by atoms with Gasteiger partial charge in [0.25, 0.3) is 0 Å². The van der Waals surface area contributed by atoms with Crippen molar-refractivity contribution in [2.45, 2.75) is 26.4 Å². The average molecular weight is 538 g/mol. The molecule has 2 aromatic heterocycles. The summed E-state index contributed by atoms with van der Waals surface area (Å²) in [5.74, 6) is 1.46. The molecule has 2 amide bonds. The maximum Gasteiger partial charge on any atom is 0.323 e. The Kier molecular flexibility index (Phi) is 6.37. The molecule has 8 heteroatoms. The van der Waals surface area contributed by atoms with E-state index in [0.29, 0.717) is 23.0 Å². The molecule has 0 fully saturated rings. The number of benzene rings is 3. The summed E-state index contributed by atoms with van der Waals surface area (Å²) in [5.41, 5.74) is 6.42. The summed E-state index contributed by atoms with van der Waals surface area (Å²) in [6.45, 7) is 4.40. The topological polar surface area (TPSA) is 64.3 Å². The quantitative estimate of drug-likeness (QED) is 0.266. The minimum Gasteiger partial charge on any atom is -0.495 e. The fourth-order valence-corrected chi connectivity index (χ4v) is 5.39. The molecule has 0 aliphatic carbocycles. The summed E-state index contributed by atoms with van der Waals surface area (Å²) in [7, 11) is 1.57. The van der Waals surface area contributed by atoms with Crippen molar-refractivity contribution in [3.8, 4) is 17.3 Å². The molecule has 6 rings (SSSR count). The SMILES string of the molecule is COc1ccc(Cl)cc1NC(=O)N1Cc2c(C)nn(-c3ccccc3)c2-n2cccc2C1c1ccc(C)cc1. The number of methoxy groups -OCH3 is 1. The number of hydrogen-bond acceptors (Lipinski definition) is 3. The number of urea groups is 1. The average Bonchev–Trinajstić information content (AvgIpc) is 3.50. The third-order valence-electron chi connectivity index (χ3n) is 7.14. The largest absolute Gasteiger partial charge is 0.495 e. The summed E-state index contributed by atoms with van der Waals surface area (Å²) in [6, 6.07) is 27.0. The highest BCUT2D eigenvalue weighted by atomic mass is 35.5. The zero-order chi connectivity index (χ0) is 27.1. The van der Waals surface area contributed by atoms with Gasteiger partial charge >= 0.3 is 6.03 Å². The van der Waals surface area contributed by atoms with Crippen LogP contribution >= 0.6 is 11.6 Å². The molecule has 196 valence electrons. The molecule has 1 unspecified atom stereocenters. The number of fused-ring (bicyclic) bond motifs is 3. The second kappa shape index (κ2) is 10.0. The highest BCUT2D eigenvalue weighted by Crippen LogP contribution is 2.39. The van der Waals surface area contributed by atoms with Crippen molar-refractivity contribution in [3.63, 3.8) is 0 Å². The van der Waals surface area contributed by atoms with E-state index in [1.807, 2.05) is 59.1 Å². The van der Waals surface area contributed by atoms with Gasteiger partial charge in [-0.2, -0.15) is 5.10 Å². The molecule has 0 bridgehead atoms. The first-order valence-electron chi connectivity index (χ1n) is 12.7. The summed E-state index contributed by atoms with van der Waals surface area (Å²) >= 11 is 6.27. The Balaban J connectivity index is 1.53. The zero-order valence-corrected chi connectivity index (χ0v) is 22.7. The maximum atomic E-state index is 14.2. The highest BCUT2D eigenvalue weighted by molar-refractivity contribution is 6.31. The third kappa shape index (κ3) is 4.45. The number of para-hydroxylation sites is 1. The van der Waals surface area contributed by atoms with Gasteiger partial charge in [0.1, 0.15) is 11.6 Å². The maximum absolute atomic E-state index is 14.2. The summed E-state index contributed by atoms with van der Waals surface area (Å²) < 4.78 is 9.61. The van der Waals surface area contributed by atoms with E-state index in [-0.39, 0.29) is 12.1 Å². The fraction of sp³-hybridized carbons (Fsp3) is 0.161. The molecule has 7 nitrogen and oxygen atoms in total. The van der Waals surface area contributed by atoms with Crippen molar-refractivity contribution in [1.82, 2.24) is 19.2 Å². The Hall–Kier alpha value is -4.49. The Bertz CT molecular complexity index is 1660. The normalized spacial score (nSPS) is 14.4. The van der Waals surface area contributed by atoms with Crippen LogP contribution in [0.2, 0.25) is 5.02 Å². The second-order valence-electron chi connectivity index (χ2n) is 9.65. The summed E-state index contributed by atoms with van der Waals surface area (Å²) in [6.07, 6.45) is 2.04. The van der Waals surface area contributed by atoms with Crippen LogP contribution in [0.25, 0.3) is 11.5 Å². The number of amides is 2. The van der Waals surface area contributed by atoms with E-state index in [9.17, 15) is 4.79 Å². The standard InChI is InChI=1S/C31H28ClN5O2/c1-20-11-13-22(14-12-20)29-27-10-7-17-35(27)30-25(21(2)34-37(30)24-8-5-4-6-9-24)19-36(29)31(38)33-26-18-23(32)15-16-28(26)39-3/h4-18,29H,19H2,1-3H3,(H,33,38). The Labute approximate surface area is 232 Å². The Morgan fingerprint density at radius 3 is 2.51 bits per heavy atom. The van der Waals surface area contributed by atoms with Gasteiger partial charge in [0.2, 0.25) is 0 Å². The van der Waals surface area contributed by atoms with Gasteiger partial charge in [-0.3, -0.25) is 0 Å². The first-order chi connectivity index (χ1) is 18.9. The van der Waals surface area contributed by atoms with Gasteiger partial charge in [-0.1, -0.05) is 59.6 Å². The number of ether oxygens (including phenoxy) is 1. The minimum atomic E-state index is -0.359. The lowest BCUT2D eigenvalue weighted by molar-refractivity contribution is 0.194. The number of halogens is 1. The van der Waals surface area contributed by atoms with E-state index in [1.54, 1.807) is 25.3 Å². The number of carbonyl (C=O) groups excluding carboxylic acids is 1. The first-order valence-corrected chi connectivity index (χ1v) is 13.1. The molecule has 1 N–H and O–H groups in total. The lowest BCUT2D eigenvalue weighted by Crippen LogP contribution is -2.38. The third-order valence-corrected chi connectivity index (χ3v) is 7.38. The van der Waals surface area contributed by atoms with Gasteiger partial charge in [-0.05, 0) is 61.9 Å². The van der Waals surface area contributed by atoms with Gasteiger partial charge in [0.15, 0.2) is 0 Å². The van der Waals surface area contributed by atoms with Crippen LogP contribution in [0.4, 0.5) is 10.5 Å². The number of anilines is 1. The number of hydrogen-bond donors (Lipinski definition) is 1. The monoisotopic (exact) mass is 537 g/mol. The van der Waals surface area contributed by atoms with Crippen LogP contribution in [0.3, 0.4) is 0 Å². The predicted molar refractivity (Wildman–Crippen MR) is 153 cm³/mol. The fourth-order valence-electron chi connectivity index (χ4n) is 5.21. The molecule has 3 aromatic carbocycles. The molecule has 0 spiro atoms. The van der Waals surface area contributed by atoms with Crippen LogP contribution in [-0.2, 0) is 6.54 Å². The van der Waals surface area contributed by atoms with Crippen LogP contribution < -0.4 is 10.1 Å². The number of aryl methyl sites for hydroxylation is 2. The van der Waals surface area contributed by atoms with Crippen molar-refractivity contribution >= 4 is 23.3 Å². The van der Waals surface area contributed by atoms with Gasteiger partial charge in [-0.15, -0.1) is 0 Å². The van der Waals surface area contributed by atoms with Crippen LogP contribution in [0.1, 0.15) is 34.1 Å². The van der Waals surface area contributed by atoms with Gasteiger partial charge in [0.05, 0.1) is 42.5 Å². The Morgan fingerprint density at radius 2 is 1.77 bits per heavy atom. The molecule has 1 atom stereocenters. The van der Waals surface area contributed by atoms with Crippen molar-refractivity contribution < 1.29 is 9.53 Å². The van der Waals surface area contributed by atoms with Crippen LogP contribution in [0, 0.1) is 13.8 Å². The van der Waals surface area contributed by atoms with E-state index < -0.39 is 0 Å². The van der Waals surface area contributed by atoms with E-state index >= 15 is 0 Å². The van der Waals surface area contributed by atoms with E-state index in [4.69, 9.17) is 21.4 Å². The smallest absolute Gasteiger partial charge is 0.323 e. The number of nitrogens with one attached hydrogen (secondary N) is 1. The number of aromatic nitrogens is 3. The molecule has 3 heterocycles. The Morgan fingerprint density at radius 1 is 1.00 bits per heavy atom. The van der Waals surface area contributed by atoms with Crippen molar-refractivity contribution in [1.29, 1.82) is 0 Å². The molecule has 39 heavy (non-hydrogen) atoms. The van der Waals surface area contributed by atoms with E-state index in [2.05, 4.69) is 47.1 Å². The minimum absolute atomic E-state index is 0.270. The number of carbonyl (C=O) groups is 1. The molecular formula is C31H28ClN5O2. The van der Waals surface area contributed by atoms with Crippen molar-refractivity contribution in [3.05, 3.63) is 124 Å². The molecule has 1 aliphatic rings. The van der Waals surface area contributed by atoms with Crippen molar-refractivity contribution in [2.75, 3.05) is 12.4 Å². The summed E-state index contributed by atoms with van der Waals surface area (Å²) in [4.78, 5) is 16.0. The molecule has 0 radical (unpaired) electrons.